The first kappa shape index (κ1) is 18.8. The summed E-state index contributed by atoms with van der Waals surface area (Å²) in [6.45, 7) is 4.04. The zero-order chi connectivity index (χ0) is 19.2. The molecule has 28 heavy (non-hydrogen) atoms. The average molecular weight is 379 g/mol. The van der Waals surface area contributed by atoms with Crippen molar-refractivity contribution in [2.45, 2.75) is 38.0 Å². The minimum absolute atomic E-state index is 0.170. The lowest BCUT2D eigenvalue weighted by Crippen LogP contribution is -2.50. The number of ether oxygens (including phenoxy) is 1. The third kappa shape index (κ3) is 4.84. The summed E-state index contributed by atoms with van der Waals surface area (Å²) in [4.78, 5) is 6.94. The Hall–Kier alpha value is -2.53. The molecule has 2 heterocycles. The van der Waals surface area contributed by atoms with Gasteiger partial charge in [-0.1, -0.05) is 48.5 Å². The van der Waals surface area contributed by atoms with Gasteiger partial charge in [0.05, 0.1) is 6.54 Å². The Morgan fingerprint density at radius 3 is 2.57 bits per heavy atom. The van der Waals surface area contributed by atoms with Gasteiger partial charge in [0.2, 0.25) is 0 Å². The van der Waals surface area contributed by atoms with Gasteiger partial charge in [-0.3, -0.25) is 9.89 Å². The monoisotopic (exact) mass is 378 g/mol. The molecule has 0 aliphatic carbocycles. The standard InChI is InChI=1S/C23H30N4O/c1-24-23(25-16-21-15-19-9-5-6-10-22(19)28-21)26-20-11-13-27(14-12-20)17-18-7-3-2-4-8-18/h2-10,20-21H,11-17H2,1H3,(H2,24,25,26). The summed E-state index contributed by atoms with van der Waals surface area (Å²) < 4.78 is 6.01. The molecular weight excluding hydrogens is 348 g/mol. The second kappa shape index (κ2) is 9.11. The molecule has 1 saturated heterocycles. The molecule has 0 saturated carbocycles. The number of benzene rings is 2. The first-order valence-electron chi connectivity index (χ1n) is 10.3. The van der Waals surface area contributed by atoms with E-state index in [1.54, 1.807) is 0 Å². The summed E-state index contributed by atoms with van der Waals surface area (Å²) >= 11 is 0. The topological polar surface area (TPSA) is 48.9 Å². The van der Waals surface area contributed by atoms with Gasteiger partial charge in [-0.15, -0.1) is 0 Å². The lowest BCUT2D eigenvalue weighted by atomic mass is 10.0. The summed E-state index contributed by atoms with van der Waals surface area (Å²) in [7, 11) is 1.84. The van der Waals surface area contributed by atoms with Crippen molar-refractivity contribution in [3.63, 3.8) is 0 Å². The number of para-hydroxylation sites is 1. The molecule has 0 radical (unpaired) electrons. The van der Waals surface area contributed by atoms with E-state index in [-0.39, 0.29) is 6.10 Å². The highest BCUT2D eigenvalue weighted by molar-refractivity contribution is 5.80. The van der Waals surface area contributed by atoms with Crippen molar-refractivity contribution in [1.82, 2.24) is 15.5 Å². The largest absolute Gasteiger partial charge is 0.488 e. The van der Waals surface area contributed by atoms with Crippen LogP contribution in [0.2, 0.25) is 0 Å². The van der Waals surface area contributed by atoms with E-state index in [4.69, 9.17) is 4.74 Å². The lowest BCUT2D eigenvalue weighted by Gasteiger charge is -2.33. The van der Waals surface area contributed by atoms with Crippen LogP contribution in [0, 0.1) is 0 Å². The van der Waals surface area contributed by atoms with Crippen molar-refractivity contribution in [2.24, 2.45) is 4.99 Å². The van der Waals surface area contributed by atoms with Gasteiger partial charge in [-0.25, -0.2) is 0 Å². The van der Waals surface area contributed by atoms with Gasteiger partial charge in [-0.2, -0.15) is 0 Å². The highest BCUT2D eigenvalue weighted by Gasteiger charge is 2.23. The lowest BCUT2D eigenvalue weighted by molar-refractivity contribution is 0.198. The number of guanidine groups is 1. The van der Waals surface area contributed by atoms with Crippen molar-refractivity contribution in [3.8, 4) is 5.75 Å². The fraction of sp³-hybridized carbons (Fsp3) is 0.435. The van der Waals surface area contributed by atoms with Gasteiger partial charge in [0, 0.05) is 39.1 Å². The van der Waals surface area contributed by atoms with Crippen molar-refractivity contribution < 1.29 is 4.74 Å². The normalized spacial score (nSPS) is 20.5. The van der Waals surface area contributed by atoms with Crippen molar-refractivity contribution in [1.29, 1.82) is 0 Å². The number of fused-ring (bicyclic) bond motifs is 1. The van der Waals surface area contributed by atoms with E-state index in [1.165, 1.54) is 11.1 Å². The van der Waals surface area contributed by atoms with Crippen LogP contribution in [0.25, 0.3) is 0 Å². The first-order valence-corrected chi connectivity index (χ1v) is 10.3. The third-order valence-corrected chi connectivity index (χ3v) is 5.61. The second-order valence-corrected chi connectivity index (χ2v) is 7.69. The SMILES string of the molecule is CN=C(NCC1Cc2ccccc2O1)NC1CCN(Cc2ccccc2)CC1. The third-order valence-electron chi connectivity index (χ3n) is 5.61. The maximum atomic E-state index is 6.01. The molecule has 1 unspecified atom stereocenters. The number of nitrogens with one attached hydrogen (secondary N) is 2. The molecule has 2 aromatic rings. The fourth-order valence-corrected chi connectivity index (χ4v) is 4.04. The molecule has 0 aromatic heterocycles. The van der Waals surface area contributed by atoms with Crippen LogP contribution in [0.3, 0.4) is 0 Å². The van der Waals surface area contributed by atoms with Crippen molar-refractivity contribution >= 4 is 5.96 Å². The summed E-state index contributed by atoms with van der Waals surface area (Å²) in [6.07, 6.45) is 3.40. The van der Waals surface area contributed by atoms with Gasteiger partial charge in [-0.05, 0) is 30.0 Å². The number of hydrogen-bond donors (Lipinski definition) is 2. The Morgan fingerprint density at radius 2 is 1.82 bits per heavy atom. The van der Waals surface area contributed by atoms with Crippen LogP contribution in [0.1, 0.15) is 24.0 Å². The van der Waals surface area contributed by atoms with E-state index in [9.17, 15) is 0 Å². The highest BCUT2D eigenvalue weighted by Crippen LogP contribution is 2.27. The Balaban J connectivity index is 1.19. The van der Waals surface area contributed by atoms with Crippen molar-refractivity contribution in [2.75, 3.05) is 26.7 Å². The second-order valence-electron chi connectivity index (χ2n) is 7.69. The molecule has 1 fully saturated rings. The molecular formula is C23H30N4O. The Labute approximate surface area is 167 Å². The predicted molar refractivity (Wildman–Crippen MR) is 114 cm³/mol. The van der Waals surface area contributed by atoms with Crippen LogP contribution in [0.4, 0.5) is 0 Å². The maximum Gasteiger partial charge on any atom is 0.191 e. The van der Waals surface area contributed by atoms with Crippen LogP contribution in [-0.4, -0.2) is 49.7 Å². The number of hydrogen-bond acceptors (Lipinski definition) is 3. The number of rotatable bonds is 5. The number of likely N-dealkylation sites (tertiary alicyclic amines) is 1. The summed E-state index contributed by atoms with van der Waals surface area (Å²) in [5.74, 6) is 1.89. The molecule has 4 rings (SSSR count). The Morgan fingerprint density at radius 1 is 1.07 bits per heavy atom. The van der Waals surface area contributed by atoms with Gasteiger partial charge in [0.15, 0.2) is 5.96 Å². The summed E-state index contributed by atoms with van der Waals surface area (Å²) in [6, 6.07) is 19.5. The van der Waals surface area contributed by atoms with E-state index in [1.807, 2.05) is 19.2 Å². The fourth-order valence-electron chi connectivity index (χ4n) is 4.04. The first-order chi connectivity index (χ1) is 13.8. The smallest absolute Gasteiger partial charge is 0.191 e. The minimum atomic E-state index is 0.170. The number of aliphatic imine (C=N–C) groups is 1. The molecule has 1 atom stereocenters. The van der Waals surface area contributed by atoms with Gasteiger partial charge in [0.1, 0.15) is 11.9 Å². The predicted octanol–water partition coefficient (Wildman–Crippen LogP) is 2.82. The summed E-state index contributed by atoms with van der Waals surface area (Å²) in [5, 5.41) is 7.04. The molecule has 0 spiro atoms. The van der Waals surface area contributed by atoms with E-state index in [0.29, 0.717) is 6.04 Å². The van der Waals surface area contributed by atoms with Gasteiger partial charge in [0.25, 0.3) is 0 Å². The van der Waals surface area contributed by atoms with Gasteiger partial charge >= 0.3 is 0 Å². The average Bonchev–Trinajstić information content (AvgIpc) is 3.16. The zero-order valence-electron chi connectivity index (χ0n) is 16.6. The minimum Gasteiger partial charge on any atom is -0.488 e. The van der Waals surface area contributed by atoms with Gasteiger partial charge < -0.3 is 15.4 Å². The van der Waals surface area contributed by atoms with E-state index < -0.39 is 0 Å². The number of piperidine rings is 1. The van der Waals surface area contributed by atoms with E-state index in [0.717, 1.165) is 57.2 Å². The van der Waals surface area contributed by atoms with E-state index >= 15 is 0 Å². The molecule has 2 aromatic carbocycles. The maximum absolute atomic E-state index is 6.01. The molecule has 0 bridgehead atoms. The van der Waals surface area contributed by atoms with Crippen molar-refractivity contribution in [3.05, 3.63) is 65.7 Å². The van der Waals surface area contributed by atoms with Crippen LogP contribution in [0.5, 0.6) is 5.75 Å². The van der Waals surface area contributed by atoms with Crippen LogP contribution in [-0.2, 0) is 13.0 Å². The molecule has 5 nitrogen and oxygen atoms in total. The highest BCUT2D eigenvalue weighted by atomic mass is 16.5. The molecule has 2 aliphatic heterocycles. The Bertz CT molecular complexity index is 759. The van der Waals surface area contributed by atoms with Crippen LogP contribution >= 0.6 is 0 Å². The van der Waals surface area contributed by atoms with Crippen LogP contribution in [0.15, 0.2) is 59.6 Å². The number of nitrogens with zero attached hydrogens (tertiary/aromatic N) is 2. The summed E-state index contributed by atoms with van der Waals surface area (Å²) in [5.41, 5.74) is 2.69. The molecule has 2 aliphatic rings. The molecule has 0 amide bonds. The molecule has 5 heteroatoms. The molecule has 148 valence electrons. The zero-order valence-corrected chi connectivity index (χ0v) is 16.6. The Kier molecular flexibility index (Phi) is 6.12. The van der Waals surface area contributed by atoms with E-state index in [2.05, 4.69) is 63.0 Å². The quantitative estimate of drug-likeness (QED) is 0.621. The molecule has 2 N–H and O–H groups in total. The van der Waals surface area contributed by atoms with Crippen LogP contribution < -0.4 is 15.4 Å².